The van der Waals surface area contributed by atoms with E-state index in [2.05, 4.69) is 25.6 Å². The average Bonchev–Trinajstić information content (AvgIpc) is 3.31. The lowest BCUT2D eigenvalue weighted by molar-refractivity contribution is 0.185. The summed E-state index contributed by atoms with van der Waals surface area (Å²) in [6.07, 6.45) is 3.81. The molecular weight excluding hydrogens is 346 g/mol. The number of nitrogens with zero attached hydrogens (tertiary/aromatic N) is 6. The number of anilines is 1. The lowest BCUT2D eigenvalue weighted by atomic mass is 10.2. The first-order chi connectivity index (χ1) is 13.0. The van der Waals surface area contributed by atoms with Crippen molar-refractivity contribution in [2.75, 3.05) is 5.32 Å². The van der Waals surface area contributed by atoms with E-state index in [-0.39, 0.29) is 18.6 Å². The number of hydrogen-bond donors (Lipinski definition) is 1. The zero-order valence-corrected chi connectivity index (χ0v) is 15.7. The molecular formula is C18H23N7O2. The Hall–Kier alpha value is -3.23. The van der Waals surface area contributed by atoms with E-state index < -0.39 is 0 Å². The monoisotopic (exact) mass is 369 g/mol. The standard InChI is InChI=1S/C18H23N7O2/c1-4-16-22-23-17(27-16)10-25(13(2)3)18(26)21-15-7-5-6-14(8-15)9-24-12-19-11-20-24/h5-8,11-13H,4,9-10H2,1-3H3,(H,21,26). The van der Waals surface area contributed by atoms with Crippen LogP contribution in [0.3, 0.4) is 0 Å². The van der Waals surface area contributed by atoms with E-state index in [1.54, 1.807) is 15.9 Å². The Morgan fingerprint density at radius 1 is 1.30 bits per heavy atom. The highest BCUT2D eigenvalue weighted by molar-refractivity contribution is 5.89. The predicted molar refractivity (Wildman–Crippen MR) is 98.9 cm³/mol. The Kier molecular flexibility index (Phi) is 5.80. The smallest absolute Gasteiger partial charge is 0.322 e. The van der Waals surface area contributed by atoms with Crippen molar-refractivity contribution in [1.29, 1.82) is 0 Å². The second-order valence-corrected chi connectivity index (χ2v) is 6.39. The fourth-order valence-electron chi connectivity index (χ4n) is 2.57. The molecule has 0 aliphatic carbocycles. The molecule has 0 saturated heterocycles. The summed E-state index contributed by atoms with van der Waals surface area (Å²) in [5, 5.41) is 15.0. The number of carbonyl (C=O) groups excluding carboxylic acids is 1. The third-order valence-corrected chi connectivity index (χ3v) is 3.99. The normalized spacial score (nSPS) is 11.0. The summed E-state index contributed by atoms with van der Waals surface area (Å²) >= 11 is 0. The van der Waals surface area contributed by atoms with Crippen molar-refractivity contribution in [1.82, 2.24) is 29.9 Å². The molecule has 27 heavy (non-hydrogen) atoms. The molecule has 0 spiro atoms. The summed E-state index contributed by atoms with van der Waals surface area (Å²) in [5.74, 6) is 0.991. The molecule has 2 heterocycles. The van der Waals surface area contributed by atoms with Crippen molar-refractivity contribution < 1.29 is 9.21 Å². The summed E-state index contributed by atoms with van der Waals surface area (Å²) in [7, 11) is 0. The van der Waals surface area contributed by atoms with Gasteiger partial charge in [0.15, 0.2) is 0 Å². The van der Waals surface area contributed by atoms with Crippen LogP contribution in [0.1, 0.15) is 38.1 Å². The predicted octanol–water partition coefficient (Wildman–Crippen LogP) is 2.71. The topological polar surface area (TPSA) is 102 Å². The lowest BCUT2D eigenvalue weighted by Crippen LogP contribution is -2.39. The number of aryl methyl sites for hydroxylation is 1. The van der Waals surface area contributed by atoms with Crippen molar-refractivity contribution in [2.24, 2.45) is 0 Å². The zero-order chi connectivity index (χ0) is 19.2. The number of benzene rings is 1. The van der Waals surface area contributed by atoms with Crippen molar-refractivity contribution in [3.8, 4) is 0 Å². The van der Waals surface area contributed by atoms with E-state index in [4.69, 9.17) is 4.42 Å². The summed E-state index contributed by atoms with van der Waals surface area (Å²) in [6.45, 7) is 6.67. The van der Waals surface area contributed by atoms with Gasteiger partial charge in [0, 0.05) is 18.2 Å². The largest absolute Gasteiger partial charge is 0.423 e. The summed E-state index contributed by atoms with van der Waals surface area (Å²) in [5.41, 5.74) is 1.72. The Bertz CT molecular complexity index is 873. The Labute approximate surface area is 157 Å². The molecule has 0 aliphatic heterocycles. The highest BCUT2D eigenvalue weighted by Gasteiger charge is 2.20. The molecule has 2 aromatic heterocycles. The van der Waals surface area contributed by atoms with Crippen LogP contribution in [0, 0.1) is 0 Å². The molecule has 142 valence electrons. The Morgan fingerprint density at radius 2 is 2.11 bits per heavy atom. The molecule has 2 amide bonds. The molecule has 0 saturated carbocycles. The first-order valence-electron chi connectivity index (χ1n) is 8.85. The number of amides is 2. The Morgan fingerprint density at radius 3 is 2.78 bits per heavy atom. The van der Waals surface area contributed by atoms with Crippen LogP contribution in [-0.4, -0.2) is 41.9 Å². The molecule has 0 bridgehead atoms. The number of hydrogen-bond acceptors (Lipinski definition) is 6. The Balaban J connectivity index is 1.68. The maximum Gasteiger partial charge on any atom is 0.322 e. The van der Waals surface area contributed by atoms with Crippen LogP contribution in [0.25, 0.3) is 0 Å². The van der Waals surface area contributed by atoms with Gasteiger partial charge < -0.3 is 14.6 Å². The van der Waals surface area contributed by atoms with E-state index >= 15 is 0 Å². The van der Waals surface area contributed by atoms with Crippen LogP contribution in [0.15, 0.2) is 41.3 Å². The van der Waals surface area contributed by atoms with Crippen LogP contribution >= 0.6 is 0 Å². The van der Waals surface area contributed by atoms with Crippen molar-refractivity contribution in [3.05, 3.63) is 54.3 Å². The maximum atomic E-state index is 12.8. The number of carbonyl (C=O) groups is 1. The second-order valence-electron chi connectivity index (χ2n) is 6.39. The van der Waals surface area contributed by atoms with Crippen molar-refractivity contribution in [2.45, 2.75) is 46.3 Å². The molecule has 0 unspecified atom stereocenters. The van der Waals surface area contributed by atoms with Gasteiger partial charge in [-0.25, -0.2) is 14.5 Å². The van der Waals surface area contributed by atoms with Crippen LogP contribution < -0.4 is 5.32 Å². The number of urea groups is 1. The van der Waals surface area contributed by atoms with Gasteiger partial charge in [0.05, 0.1) is 6.54 Å². The van der Waals surface area contributed by atoms with Gasteiger partial charge in [-0.1, -0.05) is 19.1 Å². The number of nitrogens with one attached hydrogen (secondary N) is 1. The van der Waals surface area contributed by atoms with Gasteiger partial charge in [-0.05, 0) is 31.5 Å². The van der Waals surface area contributed by atoms with Gasteiger partial charge in [-0.2, -0.15) is 5.10 Å². The first kappa shape index (κ1) is 18.6. The minimum absolute atomic E-state index is 0.0275. The van der Waals surface area contributed by atoms with E-state index in [0.717, 1.165) is 5.56 Å². The highest BCUT2D eigenvalue weighted by Crippen LogP contribution is 2.15. The van der Waals surface area contributed by atoms with Gasteiger partial charge in [0.25, 0.3) is 0 Å². The van der Waals surface area contributed by atoms with Gasteiger partial charge in [-0.3, -0.25) is 0 Å². The molecule has 0 fully saturated rings. The number of aromatic nitrogens is 5. The fraction of sp³-hybridized carbons (Fsp3) is 0.389. The first-order valence-corrected chi connectivity index (χ1v) is 8.85. The van der Waals surface area contributed by atoms with Crippen molar-refractivity contribution >= 4 is 11.7 Å². The van der Waals surface area contributed by atoms with Crippen LogP contribution in [0.5, 0.6) is 0 Å². The summed E-state index contributed by atoms with van der Waals surface area (Å²) < 4.78 is 7.26. The molecule has 0 atom stereocenters. The van der Waals surface area contributed by atoms with Crippen molar-refractivity contribution in [3.63, 3.8) is 0 Å². The maximum absolute atomic E-state index is 12.8. The molecule has 0 aliphatic rings. The molecule has 0 radical (unpaired) electrons. The van der Waals surface area contributed by atoms with E-state index in [0.29, 0.717) is 30.4 Å². The third kappa shape index (κ3) is 4.90. The molecule has 3 aromatic rings. The minimum Gasteiger partial charge on any atom is -0.423 e. The third-order valence-electron chi connectivity index (χ3n) is 3.99. The molecule has 1 aromatic carbocycles. The minimum atomic E-state index is -0.223. The SMILES string of the molecule is CCc1nnc(CN(C(=O)Nc2cccc(Cn3cncn3)c2)C(C)C)o1. The quantitative estimate of drug-likeness (QED) is 0.687. The van der Waals surface area contributed by atoms with Crippen LogP contribution in [0.4, 0.5) is 10.5 Å². The molecule has 1 N–H and O–H groups in total. The average molecular weight is 369 g/mol. The molecule has 9 heteroatoms. The fourth-order valence-corrected chi connectivity index (χ4v) is 2.57. The van der Waals surface area contributed by atoms with Crippen LogP contribution in [-0.2, 0) is 19.5 Å². The van der Waals surface area contributed by atoms with Crippen LogP contribution in [0.2, 0.25) is 0 Å². The summed E-state index contributed by atoms with van der Waals surface area (Å²) in [4.78, 5) is 18.3. The lowest BCUT2D eigenvalue weighted by Gasteiger charge is -2.25. The van der Waals surface area contributed by atoms with Gasteiger partial charge in [0.1, 0.15) is 19.2 Å². The molecule has 3 rings (SSSR count). The van der Waals surface area contributed by atoms with E-state index in [1.807, 2.05) is 45.0 Å². The zero-order valence-electron chi connectivity index (χ0n) is 15.7. The molecule has 9 nitrogen and oxygen atoms in total. The summed E-state index contributed by atoms with van der Waals surface area (Å²) in [6, 6.07) is 7.39. The van der Waals surface area contributed by atoms with E-state index in [9.17, 15) is 4.79 Å². The van der Waals surface area contributed by atoms with E-state index in [1.165, 1.54) is 6.33 Å². The van der Waals surface area contributed by atoms with Gasteiger partial charge >= 0.3 is 6.03 Å². The van der Waals surface area contributed by atoms with Gasteiger partial charge in [0.2, 0.25) is 11.8 Å². The highest BCUT2D eigenvalue weighted by atomic mass is 16.4. The number of rotatable bonds is 7. The second kappa shape index (κ2) is 8.43. The van der Waals surface area contributed by atoms with Gasteiger partial charge in [-0.15, -0.1) is 10.2 Å².